The summed E-state index contributed by atoms with van der Waals surface area (Å²) < 4.78 is 5.68. The number of benzene rings is 2. The SMILES string of the molecule is CCCCCOc1ccc(/C=N\NC(=O)Cc2cc(Cl)ccc2SC)cc1. The maximum atomic E-state index is 12.1. The van der Waals surface area contributed by atoms with Crippen molar-refractivity contribution in [3.05, 3.63) is 58.6 Å². The van der Waals surface area contributed by atoms with Crippen LogP contribution in [0.4, 0.5) is 0 Å². The summed E-state index contributed by atoms with van der Waals surface area (Å²) in [6, 6.07) is 13.2. The molecule has 4 nitrogen and oxygen atoms in total. The average molecular weight is 405 g/mol. The van der Waals surface area contributed by atoms with E-state index in [4.69, 9.17) is 16.3 Å². The summed E-state index contributed by atoms with van der Waals surface area (Å²) in [5.41, 5.74) is 4.35. The van der Waals surface area contributed by atoms with E-state index in [9.17, 15) is 4.79 Å². The molecule has 0 fully saturated rings. The molecule has 0 aromatic heterocycles. The molecule has 0 unspecified atom stereocenters. The van der Waals surface area contributed by atoms with E-state index >= 15 is 0 Å². The van der Waals surface area contributed by atoms with Crippen molar-refractivity contribution in [2.45, 2.75) is 37.5 Å². The van der Waals surface area contributed by atoms with Gasteiger partial charge in [-0.3, -0.25) is 4.79 Å². The van der Waals surface area contributed by atoms with Gasteiger partial charge in [-0.05, 0) is 66.3 Å². The number of rotatable bonds is 10. The summed E-state index contributed by atoms with van der Waals surface area (Å²) in [6.45, 7) is 2.91. The highest BCUT2D eigenvalue weighted by Crippen LogP contribution is 2.24. The number of ether oxygens (including phenoxy) is 1. The molecule has 0 spiro atoms. The summed E-state index contributed by atoms with van der Waals surface area (Å²) in [5, 5.41) is 4.65. The van der Waals surface area contributed by atoms with Gasteiger partial charge >= 0.3 is 0 Å². The topological polar surface area (TPSA) is 50.7 Å². The van der Waals surface area contributed by atoms with Gasteiger partial charge in [-0.15, -0.1) is 11.8 Å². The van der Waals surface area contributed by atoms with E-state index in [0.29, 0.717) is 5.02 Å². The summed E-state index contributed by atoms with van der Waals surface area (Å²) in [4.78, 5) is 13.1. The van der Waals surface area contributed by atoms with E-state index in [1.807, 2.05) is 48.7 Å². The summed E-state index contributed by atoms with van der Waals surface area (Å²) in [6.07, 6.45) is 7.25. The molecule has 27 heavy (non-hydrogen) atoms. The zero-order chi connectivity index (χ0) is 19.5. The van der Waals surface area contributed by atoms with Crippen LogP contribution in [0.15, 0.2) is 52.5 Å². The number of nitrogens with zero attached hydrogens (tertiary/aromatic N) is 1. The number of carbonyl (C=O) groups is 1. The molecule has 0 saturated carbocycles. The fourth-order valence-electron chi connectivity index (χ4n) is 2.47. The Morgan fingerprint density at radius 2 is 2.00 bits per heavy atom. The third-order valence-electron chi connectivity index (χ3n) is 3.89. The highest BCUT2D eigenvalue weighted by atomic mass is 35.5. The second-order valence-corrected chi connectivity index (χ2v) is 7.34. The second kappa shape index (κ2) is 11.7. The fourth-order valence-corrected chi connectivity index (χ4v) is 3.26. The molecule has 2 aromatic rings. The molecule has 1 amide bonds. The molecule has 2 rings (SSSR count). The average Bonchev–Trinajstić information content (AvgIpc) is 2.66. The van der Waals surface area contributed by atoms with Gasteiger partial charge in [0.2, 0.25) is 5.91 Å². The smallest absolute Gasteiger partial charge is 0.244 e. The first-order valence-corrected chi connectivity index (χ1v) is 10.6. The van der Waals surface area contributed by atoms with Crippen molar-refractivity contribution >= 4 is 35.5 Å². The van der Waals surface area contributed by atoms with Crippen LogP contribution in [0, 0.1) is 0 Å². The van der Waals surface area contributed by atoms with Gasteiger partial charge < -0.3 is 4.74 Å². The first-order valence-electron chi connectivity index (χ1n) is 8.99. The number of carbonyl (C=O) groups excluding carboxylic acids is 1. The number of halogens is 1. The van der Waals surface area contributed by atoms with E-state index in [-0.39, 0.29) is 12.3 Å². The van der Waals surface area contributed by atoms with Crippen molar-refractivity contribution in [2.75, 3.05) is 12.9 Å². The van der Waals surface area contributed by atoms with Crippen LogP contribution in [-0.2, 0) is 11.2 Å². The minimum atomic E-state index is -0.181. The van der Waals surface area contributed by atoms with Crippen molar-refractivity contribution < 1.29 is 9.53 Å². The molecule has 0 aliphatic carbocycles. The van der Waals surface area contributed by atoms with Crippen molar-refractivity contribution in [1.29, 1.82) is 0 Å². The first kappa shape index (κ1) is 21.3. The lowest BCUT2D eigenvalue weighted by Gasteiger charge is -2.07. The molecular formula is C21H25ClN2O2S. The third-order valence-corrected chi connectivity index (χ3v) is 4.97. The Balaban J connectivity index is 1.82. The molecule has 2 aromatic carbocycles. The van der Waals surface area contributed by atoms with E-state index in [1.165, 1.54) is 12.8 Å². The summed E-state index contributed by atoms with van der Waals surface area (Å²) in [7, 11) is 0. The predicted octanol–water partition coefficient (Wildman–Crippen LogP) is 5.32. The Kier molecular flexibility index (Phi) is 9.22. The van der Waals surface area contributed by atoms with E-state index in [0.717, 1.165) is 34.8 Å². The largest absolute Gasteiger partial charge is 0.494 e. The van der Waals surface area contributed by atoms with Gasteiger partial charge in [0.25, 0.3) is 0 Å². The number of nitrogens with one attached hydrogen (secondary N) is 1. The van der Waals surface area contributed by atoms with Crippen LogP contribution < -0.4 is 10.2 Å². The molecule has 0 bridgehead atoms. The maximum absolute atomic E-state index is 12.1. The van der Waals surface area contributed by atoms with Crippen molar-refractivity contribution in [2.24, 2.45) is 5.10 Å². The number of hydrogen-bond acceptors (Lipinski definition) is 4. The highest BCUT2D eigenvalue weighted by Gasteiger charge is 2.08. The summed E-state index contributed by atoms with van der Waals surface area (Å²) in [5.74, 6) is 0.664. The van der Waals surface area contributed by atoms with Gasteiger partial charge in [0.15, 0.2) is 0 Å². The molecule has 6 heteroatoms. The molecular weight excluding hydrogens is 380 g/mol. The standard InChI is InChI=1S/C21H25ClN2O2S/c1-3-4-5-12-26-19-9-6-16(7-10-19)15-23-24-21(25)14-17-13-18(22)8-11-20(17)27-2/h6-11,13,15H,3-5,12,14H2,1-2H3,(H,24,25)/b23-15-. The van der Waals surface area contributed by atoms with Crippen molar-refractivity contribution in [3.63, 3.8) is 0 Å². The molecule has 0 saturated heterocycles. The van der Waals surface area contributed by atoms with Crippen LogP contribution in [0.5, 0.6) is 5.75 Å². The minimum Gasteiger partial charge on any atom is -0.494 e. The lowest BCUT2D eigenvalue weighted by Crippen LogP contribution is -2.20. The van der Waals surface area contributed by atoms with Gasteiger partial charge in [0.1, 0.15) is 5.75 Å². The van der Waals surface area contributed by atoms with Crippen molar-refractivity contribution in [3.8, 4) is 5.75 Å². The number of unbranched alkanes of at least 4 members (excludes halogenated alkanes) is 2. The fraction of sp³-hybridized carbons (Fsp3) is 0.333. The van der Waals surface area contributed by atoms with E-state index in [2.05, 4.69) is 17.5 Å². The van der Waals surface area contributed by atoms with Gasteiger partial charge in [-0.25, -0.2) is 5.43 Å². The number of hydrogen-bond donors (Lipinski definition) is 1. The highest BCUT2D eigenvalue weighted by molar-refractivity contribution is 7.98. The Bertz CT molecular complexity index is 763. The van der Waals surface area contributed by atoms with Crippen LogP contribution >= 0.6 is 23.4 Å². The Morgan fingerprint density at radius 1 is 1.22 bits per heavy atom. The van der Waals surface area contributed by atoms with E-state index < -0.39 is 0 Å². The Hall–Kier alpha value is -1.98. The zero-order valence-corrected chi connectivity index (χ0v) is 17.3. The summed E-state index contributed by atoms with van der Waals surface area (Å²) >= 11 is 7.61. The minimum absolute atomic E-state index is 0.181. The van der Waals surface area contributed by atoms with Crippen LogP contribution in [0.25, 0.3) is 0 Å². The predicted molar refractivity (Wildman–Crippen MR) is 114 cm³/mol. The van der Waals surface area contributed by atoms with Gasteiger partial charge in [-0.2, -0.15) is 5.10 Å². The number of hydrazone groups is 1. The van der Waals surface area contributed by atoms with Crippen LogP contribution in [0.1, 0.15) is 37.3 Å². The molecule has 0 radical (unpaired) electrons. The second-order valence-electron chi connectivity index (χ2n) is 6.05. The molecule has 0 aliphatic rings. The van der Waals surface area contributed by atoms with Crippen LogP contribution in [0.3, 0.4) is 0 Å². The lowest BCUT2D eigenvalue weighted by atomic mass is 10.1. The lowest BCUT2D eigenvalue weighted by molar-refractivity contribution is -0.120. The quantitative estimate of drug-likeness (QED) is 0.252. The third kappa shape index (κ3) is 7.65. The molecule has 144 valence electrons. The van der Waals surface area contributed by atoms with E-state index in [1.54, 1.807) is 18.0 Å². The van der Waals surface area contributed by atoms with Gasteiger partial charge in [0.05, 0.1) is 19.2 Å². The number of amides is 1. The number of thioether (sulfide) groups is 1. The molecule has 0 heterocycles. The Morgan fingerprint density at radius 3 is 2.70 bits per heavy atom. The molecule has 1 N–H and O–H groups in total. The maximum Gasteiger partial charge on any atom is 0.244 e. The van der Waals surface area contributed by atoms with Crippen LogP contribution in [-0.4, -0.2) is 25.0 Å². The first-order chi connectivity index (χ1) is 13.1. The van der Waals surface area contributed by atoms with Gasteiger partial charge in [0, 0.05) is 9.92 Å². The zero-order valence-electron chi connectivity index (χ0n) is 15.7. The van der Waals surface area contributed by atoms with Crippen LogP contribution in [0.2, 0.25) is 5.02 Å². The normalized spacial score (nSPS) is 10.9. The monoisotopic (exact) mass is 404 g/mol. The molecule has 0 aliphatic heterocycles. The molecule has 0 atom stereocenters. The van der Waals surface area contributed by atoms with Crippen molar-refractivity contribution in [1.82, 2.24) is 5.43 Å². The Labute approximate surface area is 170 Å². The van der Waals surface area contributed by atoms with Gasteiger partial charge in [-0.1, -0.05) is 31.4 Å².